The predicted molar refractivity (Wildman–Crippen MR) is 60.9 cm³/mol. The number of rotatable bonds is 3. The quantitative estimate of drug-likeness (QED) is 0.745. The first-order chi connectivity index (χ1) is 7.16. The lowest BCUT2D eigenvalue weighted by Gasteiger charge is -2.22. The summed E-state index contributed by atoms with van der Waals surface area (Å²) in [4.78, 5) is 13.2. The van der Waals surface area contributed by atoms with Crippen molar-refractivity contribution in [3.63, 3.8) is 0 Å². The molecule has 2 rings (SSSR count). The highest BCUT2D eigenvalue weighted by atomic mass is 16.1. The van der Waals surface area contributed by atoms with Gasteiger partial charge in [-0.1, -0.05) is 24.3 Å². The molecule has 80 valence electrons. The second kappa shape index (κ2) is 4.15. The molecule has 0 N–H and O–H groups in total. The van der Waals surface area contributed by atoms with E-state index in [9.17, 15) is 4.79 Å². The van der Waals surface area contributed by atoms with E-state index in [2.05, 4.69) is 29.2 Å². The molecule has 0 spiro atoms. The molecule has 0 bridgehead atoms. The van der Waals surface area contributed by atoms with Gasteiger partial charge in [0.2, 0.25) is 0 Å². The first-order valence-corrected chi connectivity index (χ1v) is 5.43. The highest BCUT2D eigenvalue weighted by molar-refractivity contribution is 5.77. The fourth-order valence-electron chi connectivity index (χ4n) is 2.33. The van der Waals surface area contributed by atoms with E-state index in [1.54, 1.807) is 6.92 Å². The van der Waals surface area contributed by atoms with E-state index < -0.39 is 0 Å². The summed E-state index contributed by atoms with van der Waals surface area (Å²) in [6.45, 7) is 2.22. The van der Waals surface area contributed by atoms with Crippen LogP contribution in [0.2, 0.25) is 0 Å². The average Bonchev–Trinajstić information content (AvgIpc) is 2.59. The van der Waals surface area contributed by atoms with E-state index in [1.165, 1.54) is 11.1 Å². The van der Waals surface area contributed by atoms with E-state index in [0.717, 1.165) is 12.8 Å². The Morgan fingerprint density at radius 1 is 1.33 bits per heavy atom. The van der Waals surface area contributed by atoms with Gasteiger partial charge in [0.15, 0.2) is 0 Å². The van der Waals surface area contributed by atoms with Crippen LogP contribution in [0.5, 0.6) is 0 Å². The molecule has 15 heavy (non-hydrogen) atoms. The molecule has 0 aromatic heterocycles. The molecule has 0 saturated heterocycles. The van der Waals surface area contributed by atoms with Crippen LogP contribution < -0.4 is 0 Å². The molecule has 0 saturated carbocycles. The lowest BCUT2D eigenvalue weighted by Crippen LogP contribution is -2.35. The van der Waals surface area contributed by atoms with Gasteiger partial charge in [0.25, 0.3) is 0 Å². The lowest BCUT2D eigenvalue weighted by atomic mass is 10.1. The Labute approximate surface area is 90.9 Å². The van der Waals surface area contributed by atoms with Gasteiger partial charge >= 0.3 is 0 Å². The molecule has 0 heterocycles. The maximum absolute atomic E-state index is 11.0. The number of benzene rings is 1. The SMILES string of the molecule is CC(=O)CN(C)C1Cc2ccccc2C1. The lowest BCUT2D eigenvalue weighted by molar-refractivity contribution is -0.118. The van der Waals surface area contributed by atoms with E-state index >= 15 is 0 Å². The van der Waals surface area contributed by atoms with Crippen molar-refractivity contribution in [2.75, 3.05) is 13.6 Å². The van der Waals surface area contributed by atoms with Gasteiger partial charge in [0.1, 0.15) is 5.78 Å². The van der Waals surface area contributed by atoms with Crippen LogP contribution in [0.25, 0.3) is 0 Å². The third-order valence-corrected chi connectivity index (χ3v) is 3.12. The molecule has 2 heteroatoms. The van der Waals surface area contributed by atoms with Crippen molar-refractivity contribution in [3.05, 3.63) is 35.4 Å². The number of nitrogens with zero attached hydrogens (tertiary/aromatic N) is 1. The molecule has 1 aromatic carbocycles. The molecule has 0 unspecified atom stereocenters. The highest BCUT2D eigenvalue weighted by Crippen LogP contribution is 2.24. The minimum Gasteiger partial charge on any atom is -0.299 e. The topological polar surface area (TPSA) is 20.3 Å². The van der Waals surface area contributed by atoms with Crippen LogP contribution in [-0.4, -0.2) is 30.3 Å². The summed E-state index contributed by atoms with van der Waals surface area (Å²) in [6, 6.07) is 9.07. The zero-order valence-electron chi connectivity index (χ0n) is 9.36. The number of fused-ring (bicyclic) bond motifs is 1. The number of likely N-dealkylation sites (N-methyl/N-ethyl adjacent to an activating group) is 1. The molecule has 1 aliphatic carbocycles. The van der Waals surface area contributed by atoms with Gasteiger partial charge in [0.05, 0.1) is 6.54 Å². The van der Waals surface area contributed by atoms with Crippen molar-refractivity contribution >= 4 is 5.78 Å². The zero-order valence-corrected chi connectivity index (χ0v) is 9.36. The molecule has 1 aliphatic rings. The largest absolute Gasteiger partial charge is 0.299 e. The zero-order chi connectivity index (χ0) is 10.8. The Hall–Kier alpha value is -1.15. The summed E-state index contributed by atoms with van der Waals surface area (Å²) < 4.78 is 0. The van der Waals surface area contributed by atoms with Gasteiger partial charge in [-0.15, -0.1) is 0 Å². The molecule has 0 radical (unpaired) electrons. The van der Waals surface area contributed by atoms with Gasteiger partial charge in [-0.3, -0.25) is 9.69 Å². The van der Waals surface area contributed by atoms with Crippen molar-refractivity contribution < 1.29 is 4.79 Å². The van der Waals surface area contributed by atoms with E-state index in [0.29, 0.717) is 12.6 Å². The Kier molecular flexibility index (Phi) is 2.87. The number of Topliss-reactive ketones (excluding diaryl/α,β-unsaturated/α-hetero) is 1. The Morgan fingerprint density at radius 2 is 1.87 bits per heavy atom. The van der Waals surface area contributed by atoms with Crippen molar-refractivity contribution in [2.45, 2.75) is 25.8 Å². The second-order valence-corrected chi connectivity index (χ2v) is 4.45. The van der Waals surface area contributed by atoms with Crippen LogP contribution in [0.15, 0.2) is 24.3 Å². The summed E-state index contributed by atoms with van der Waals surface area (Å²) in [7, 11) is 2.04. The predicted octanol–water partition coefficient (Wildman–Crippen LogP) is 1.67. The molecule has 2 nitrogen and oxygen atoms in total. The third kappa shape index (κ3) is 2.26. The van der Waals surface area contributed by atoms with Gasteiger partial charge < -0.3 is 0 Å². The summed E-state index contributed by atoms with van der Waals surface area (Å²) in [5, 5.41) is 0. The van der Waals surface area contributed by atoms with Crippen molar-refractivity contribution in [1.82, 2.24) is 4.90 Å². The smallest absolute Gasteiger partial charge is 0.143 e. The molecule has 0 amide bonds. The minimum atomic E-state index is 0.244. The summed E-state index contributed by atoms with van der Waals surface area (Å²) in [5.41, 5.74) is 2.89. The fraction of sp³-hybridized carbons (Fsp3) is 0.462. The summed E-state index contributed by atoms with van der Waals surface area (Å²) in [6.07, 6.45) is 2.17. The molecular formula is C13H17NO. The average molecular weight is 203 g/mol. The first-order valence-electron chi connectivity index (χ1n) is 5.43. The summed E-state index contributed by atoms with van der Waals surface area (Å²) >= 11 is 0. The van der Waals surface area contributed by atoms with Gasteiger partial charge in [-0.25, -0.2) is 0 Å². The number of hydrogen-bond acceptors (Lipinski definition) is 2. The maximum atomic E-state index is 11.0. The van der Waals surface area contributed by atoms with Crippen molar-refractivity contribution in [1.29, 1.82) is 0 Å². The van der Waals surface area contributed by atoms with Gasteiger partial charge in [-0.05, 0) is 37.9 Å². The first kappa shape index (κ1) is 10.4. The van der Waals surface area contributed by atoms with Crippen LogP contribution in [0.4, 0.5) is 0 Å². The Balaban J connectivity index is 2.03. The number of hydrogen-bond donors (Lipinski definition) is 0. The molecule has 0 fully saturated rings. The molecule has 0 atom stereocenters. The van der Waals surface area contributed by atoms with Crippen molar-refractivity contribution in [2.24, 2.45) is 0 Å². The van der Waals surface area contributed by atoms with E-state index in [4.69, 9.17) is 0 Å². The highest BCUT2D eigenvalue weighted by Gasteiger charge is 2.24. The second-order valence-electron chi connectivity index (χ2n) is 4.45. The summed E-state index contributed by atoms with van der Waals surface area (Å²) in [5.74, 6) is 0.244. The Morgan fingerprint density at radius 3 is 2.33 bits per heavy atom. The number of ketones is 1. The normalized spacial score (nSPS) is 15.7. The monoisotopic (exact) mass is 203 g/mol. The standard InChI is InChI=1S/C13H17NO/c1-10(15)9-14(2)13-7-11-5-3-4-6-12(11)8-13/h3-6,13H,7-9H2,1-2H3. The van der Waals surface area contributed by atoms with E-state index in [-0.39, 0.29) is 5.78 Å². The Bertz CT molecular complexity index is 348. The van der Waals surface area contributed by atoms with E-state index in [1.807, 2.05) is 7.05 Å². The van der Waals surface area contributed by atoms with Crippen LogP contribution in [0, 0.1) is 0 Å². The third-order valence-electron chi connectivity index (χ3n) is 3.12. The minimum absolute atomic E-state index is 0.244. The number of carbonyl (C=O) groups is 1. The van der Waals surface area contributed by atoms with Crippen LogP contribution in [0.3, 0.4) is 0 Å². The molecular weight excluding hydrogens is 186 g/mol. The van der Waals surface area contributed by atoms with Crippen LogP contribution in [-0.2, 0) is 17.6 Å². The molecule has 0 aliphatic heterocycles. The van der Waals surface area contributed by atoms with Gasteiger partial charge in [0, 0.05) is 6.04 Å². The van der Waals surface area contributed by atoms with Gasteiger partial charge in [-0.2, -0.15) is 0 Å². The van der Waals surface area contributed by atoms with Crippen molar-refractivity contribution in [3.8, 4) is 0 Å². The number of carbonyl (C=O) groups excluding carboxylic acids is 1. The molecule has 1 aromatic rings. The van der Waals surface area contributed by atoms with Crippen LogP contribution in [0.1, 0.15) is 18.1 Å². The maximum Gasteiger partial charge on any atom is 0.143 e. The fourth-order valence-corrected chi connectivity index (χ4v) is 2.33. The van der Waals surface area contributed by atoms with Crippen LogP contribution >= 0.6 is 0 Å².